The summed E-state index contributed by atoms with van der Waals surface area (Å²) in [5.41, 5.74) is 11.6. The molecule has 0 fully saturated rings. The van der Waals surface area contributed by atoms with E-state index in [9.17, 15) is 13.2 Å². The number of nitrogens with zero attached hydrogens (tertiary/aromatic N) is 4. The third-order valence-corrected chi connectivity index (χ3v) is 9.15. The van der Waals surface area contributed by atoms with E-state index in [1.54, 1.807) is 43.6 Å². The normalized spacial score (nSPS) is 12.0. The lowest BCUT2D eigenvalue weighted by Gasteiger charge is -2.12. The van der Waals surface area contributed by atoms with Gasteiger partial charge in [0.15, 0.2) is 0 Å². The first-order valence-electron chi connectivity index (χ1n) is 12.6. The minimum atomic E-state index is -4.01. The van der Waals surface area contributed by atoms with Gasteiger partial charge in [-0.05, 0) is 67.4 Å². The van der Waals surface area contributed by atoms with E-state index in [1.165, 1.54) is 10.8 Å². The Morgan fingerprint density at radius 1 is 0.975 bits per heavy atom. The Kier molecular flexibility index (Phi) is 6.08. The van der Waals surface area contributed by atoms with E-state index < -0.39 is 15.6 Å². The first-order valence-corrected chi connectivity index (χ1v) is 14.4. The van der Waals surface area contributed by atoms with Crippen molar-refractivity contribution in [1.29, 1.82) is 0 Å². The number of nitrogen functional groups attached to an aromatic ring is 1. The van der Waals surface area contributed by atoms with Crippen molar-refractivity contribution in [2.45, 2.75) is 25.3 Å². The van der Waals surface area contributed by atoms with Gasteiger partial charge in [-0.1, -0.05) is 41.4 Å². The molecule has 0 amide bonds. The molecular weight excluding hydrogens is 546 g/mol. The van der Waals surface area contributed by atoms with Crippen molar-refractivity contribution in [3.05, 3.63) is 111 Å². The highest BCUT2D eigenvalue weighted by Gasteiger charge is 2.23. The molecule has 3 aromatic carbocycles. The van der Waals surface area contributed by atoms with Crippen LogP contribution in [0.4, 0.5) is 5.69 Å². The maximum atomic E-state index is 13.6. The number of aromatic nitrogens is 4. The largest absolute Gasteiger partial charge is 0.397 e. The summed E-state index contributed by atoms with van der Waals surface area (Å²) in [7, 11) is -2.40. The summed E-state index contributed by atoms with van der Waals surface area (Å²) in [5, 5.41) is 1.18. The predicted octanol–water partition coefficient (Wildman–Crippen LogP) is 5.49. The maximum absolute atomic E-state index is 13.6. The highest BCUT2D eigenvalue weighted by atomic mass is 35.5. The van der Waals surface area contributed by atoms with Crippen molar-refractivity contribution in [2.75, 3.05) is 5.73 Å². The zero-order chi connectivity index (χ0) is 28.3. The van der Waals surface area contributed by atoms with Gasteiger partial charge in [0, 0.05) is 42.0 Å². The number of imidazole rings is 1. The number of pyridine rings is 1. The van der Waals surface area contributed by atoms with Crippen LogP contribution in [0, 0.1) is 13.8 Å². The van der Waals surface area contributed by atoms with Gasteiger partial charge in [0.05, 0.1) is 16.1 Å². The van der Waals surface area contributed by atoms with E-state index in [0.29, 0.717) is 33.7 Å². The molecule has 3 aromatic heterocycles. The SMILES string of the molecule is Cc1ccc(S(=O)(=O)n2ccc3c(-c4cc(N)c5nc(C)n(Cc6ccc(Cl)cc6)c5c4)cn(C)c(=O)c32)cc1. The van der Waals surface area contributed by atoms with E-state index in [2.05, 4.69) is 4.57 Å². The average Bonchev–Trinajstić information content (AvgIpc) is 3.51. The van der Waals surface area contributed by atoms with Crippen LogP contribution in [0.2, 0.25) is 5.02 Å². The molecule has 8 nitrogen and oxygen atoms in total. The summed E-state index contributed by atoms with van der Waals surface area (Å²) in [4.78, 5) is 18.1. The molecule has 3 heterocycles. The van der Waals surface area contributed by atoms with Crippen molar-refractivity contribution in [3.8, 4) is 11.1 Å². The summed E-state index contributed by atoms with van der Waals surface area (Å²) in [6.07, 6.45) is 3.14. The second kappa shape index (κ2) is 9.39. The van der Waals surface area contributed by atoms with Crippen molar-refractivity contribution >= 4 is 49.2 Å². The summed E-state index contributed by atoms with van der Waals surface area (Å²) in [6, 6.07) is 19.6. The van der Waals surface area contributed by atoms with Crippen LogP contribution in [-0.4, -0.2) is 26.5 Å². The van der Waals surface area contributed by atoms with E-state index in [4.69, 9.17) is 22.3 Å². The number of hydrogen-bond acceptors (Lipinski definition) is 5. The molecule has 0 aliphatic rings. The number of aryl methyl sites for hydroxylation is 3. The monoisotopic (exact) mass is 571 g/mol. The molecule has 10 heteroatoms. The fourth-order valence-electron chi connectivity index (χ4n) is 5.08. The molecular formula is C30H26ClN5O3S. The second-order valence-electron chi connectivity index (χ2n) is 9.96. The minimum Gasteiger partial charge on any atom is -0.397 e. The molecule has 0 atom stereocenters. The standard InChI is InChI=1S/C30H26ClN5O3S/c1-18-4-10-23(11-5-18)40(38,39)36-13-12-24-25(17-34(3)30(37)29(24)36)21-14-26(32)28-27(15-21)35(19(2)33-28)16-20-6-8-22(31)9-7-20/h4-15,17H,16,32H2,1-3H3. The van der Waals surface area contributed by atoms with Crippen molar-refractivity contribution in [3.63, 3.8) is 0 Å². The van der Waals surface area contributed by atoms with Crippen LogP contribution in [-0.2, 0) is 23.6 Å². The van der Waals surface area contributed by atoms with Gasteiger partial charge in [0.1, 0.15) is 16.9 Å². The molecule has 0 aliphatic carbocycles. The molecule has 0 spiro atoms. The first kappa shape index (κ1) is 25.9. The number of fused-ring (bicyclic) bond motifs is 2. The lowest BCUT2D eigenvalue weighted by Crippen LogP contribution is -2.22. The summed E-state index contributed by atoms with van der Waals surface area (Å²) in [6.45, 7) is 4.38. The van der Waals surface area contributed by atoms with E-state index in [1.807, 2.05) is 50.2 Å². The lowest BCUT2D eigenvalue weighted by molar-refractivity contribution is 0.589. The predicted molar refractivity (Wildman–Crippen MR) is 159 cm³/mol. The Labute approximate surface area is 235 Å². The number of halogens is 1. The van der Waals surface area contributed by atoms with E-state index >= 15 is 0 Å². The van der Waals surface area contributed by atoms with Crippen LogP contribution in [0.15, 0.2) is 88.8 Å². The number of nitrogens with two attached hydrogens (primary N) is 1. The zero-order valence-corrected chi connectivity index (χ0v) is 23.7. The van der Waals surface area contributed by atoms with Gasteiger partial charge < -0.3 is 14.9 Å². The van der Waals surface area contributed by atoms with Crippen LogP contribution in [0.3, 0.4) is 0 Å². The van der Waals surface area contributed by atoms with Crippen molar-refractivity contribution < 1.29 is 8.42 Å². The number of hydrogen-bond donors (Lipinski definition) is 1. The Hall–Kier alpha value is -4.34. The number of anilines is 1. The van der Waals surface area contributed by atoms with Crippen LogP contribution in [0.1, 0.15) is 17.0 Å². The quantitative estimate of drug-likeness (QED) is 0.275. The van der Waals surface area contributed by atoms with Gasteiger partial charge >= 0.3 is 0 Å². The molecule has 202 valence electrons. The van der Waals surface area contributed by atoms with Crippen molar-refractivity contribution in [1.82, 2.24) is 18.1 Å². The van der Waals surface area contributed by atoms with Crippen LogP contribution >= 0.6 is 11.6 Å². The molecule has 0 unspecified atom stereocenters. The van der Waals surface area contributed by atoms with Gasteiger partial charge in [-0.15, -0.1) is 0 Å². The molecule has 6 aromatic rings. The smallest absolute Gasteiger partial charge is 0.275 e. The second-order valence-corrected chi connectivity index (χ2v) is 12.2. The third kappa shape index (κ3) is 4.18. The molecule has 2 N–H and O–H groups in total. The Bertz CT molecular complexity index is 2110. The Morgan fingerprint density at radius 2 is 1.68 bits per heavy atom. The molecule has 0 radical (unpaired) electrons. The van der Waals surface area contributed by atoms with Gasteiger partial charge in [-0.2, -0.15) is 0 Å². The topological polar surface area (TPSA) is 105 Å². The Morgan fingerprint density at radius 3 is 2.38 bits per heavy atom. The van der Waals surface area contributed by atoms with Crippen LogP contribution < -0.4 is 11.3 Å². The van der Waals surface area contributed by atoms with Crippen molar-refractivity contribution in [2.24, 2.45) is 7.05 Å². The van der Waals surface area contributed by atoms with Gasteiger partial charge in [-0.25, -0.2) is 17.4 Å². The minimum absolute atomic E-state index is 0.0742. The third-order valence-electron chi connectivity index (χ3n) is 7.20. The fourth-order valence-corrected chi connectivity index (χ4v) is 6.55. The molecule has 0 saturated heterocycles. The molecule has 0 aliphatic heterocycles. The van der Waals surface area contributed by atoms with Gasteiger partial charge in [-0.3, -0.25) is 4.79 Å². The number of rotatable bonds is 5. The highest BCUT2D eigenvalue weighted by molar-refractivity contribution is 7.90. The molecule has 0 saturated carbocycles. The van der Waals surface area contributed by atoms with E-state index in [-0.39, 0.29) is 10.4 Å². The van der Waals surface area contributed by atoms with Crippen LogP contribution in [0.25, 0.3) is 33.1 Å². The molecule has 0 bridgehead atoms. The summed E-state index contributed by atoms with van der Waals surface area (Å²) < 4.78 is 31.7. The number of benzene rings is 3. The van der Waals surface area contributed by atoms with Crippen LogP contribution in [0.5, 0.6) is 0 Å². The van der Waals surface area contributed by atoms with Gasteiger partial charge in [0.2, 0.25) is 0 Å². The van der Waals surface area contributed by atoms with E-state index in [0.717, 1.165) is 32.0 Å². The van der Waals surface area contributed by atoms with Gasteiger partial charge in [0.25, 0.3) is 15.6 Å². The zero-order valence-electron chi connectivity index (χ0n) is 22.1. The molecule has 6 rings (SSSR count). The average molecular weight is 572 g/mol. The summed E-state index contributed by atoms with van der Waals surface area (Å²) in [5.74, 6) is 0.801. The lowest BCUT2D eigenvalue weighted by atomic mass is 10.0. The Balaban J connectivity index is 1.55. The fraction of sp³-hybridized carbons (Fsp3) is 0.133. The maximum Gasteiger partial charge on any atom is 0.275 e. The first-order chi connectivity index (χ1) is 19.0. The highest BCUT2D eigenvalue weighted by Crippen LogP contribution is 2.34. The molecule has 40 heavy (non-hydrogen) atoms. The summed E-state index contributed by atoms with van der Waals surface area (Å²) >= 11 is 6.07.